The van der Waals surface area contributed by atoms with Crippen LogP contribution < -0.4 is 4.90 Å². The Kier molecular flexibility index (Phi) is 6.70. The number of nitrogens with zero attached hydrogens (tertiary/aromatic N) is 1. The summed E-state index contributed by atoms with van der Waals surface area (Å²) in [5.41, 5.74) is 2.84. The van der Waals surface area contributed by atoms with Crippen LogP contribution in [0.5, 0.6) is 5.75 Å². The molecule has 22 heavy (non-hydrogen) atoms. The molecule has 0 atom stereocenters. The Morgan fingerprint density at radius 1 is 1.45 bits per heavy atom. The normalized spacial score (nSPS) is 10.1. The number of aromatic hydroxyl groups is 1. The number of benzene rings is 1. The van der Waals surface area contributed by atoms with Crippen molar-refractivity contribution in [3.05, 3.63) is 42.5 Å². The maximum Gasteiger partial charge on any atom is 0.414 e. The summed E-state index contributed by atoms with van der Waals surface area (Å²) in [5, 5.41) is 10.3. The molecule has 0 aromatic heterocycles. The SMILES string of the molecule is C=CCN(C(=O)OC)c1cc(CCCC)cc(O)c1C(=C)C. The number of methoxy groups -OCH3 is 1. The van der Waals surface area contributed by atoms with Crippen LogP contribution in [-0.4, -0.2) is 24.9 Å². The second kappa shape index (κ2) is 8.27. The average molecular weight is 303 g/mol. The van der Waals surface area contributed by atoms with Gasteiger partial charge in [0.2, 0.25) is 0 Å². The van der Waals surface area contributed by atoms with Crippen molar-refractivity contribution in [1.82, 2.24) is 0 Å². The van der Waals surface area contributed by atoms with Crippen molar-refractivity contribution in [1.29, 1.82) is 0 Å². The molecule has 1 aromatic rings. The van der Waals surface area contributed by atoms with Gasteiger partial charge >= 0.3 is 6.09 Å². The monoisotopic (exact) mass is 303 g/mol. The van der Waals surface area contributed by atoms with E-state index in [4.69, 9.17) is 4.74 Å². The third-order valence-corrected chi connectivity index (χ3v) is 3.40. The summed E-state index contributed by atoms with van der Waals surface area (Å²) in [7, 11) is 1.33. The molecule has 0 bridgehead atoms. The first-order chi connectivity index (χ1) is 10.5. The molecule has 1 rings (SSSR count). The fourth-order valence-corrected chi connectivity index (χ4v) is 2.35. The average Bonchev–Trinajstić information content (AvgIpc) is 2.48. The van der Waals surface area contributed by atoms with E-state index in [2.05, 4.69) is 20.1 Å². The van der Waals surface area contributed by atoms with E-state index in [0.717, 1.165) is 24.8 Å². The van der Waals surface area contributed by atoms with Gasteiger partial charge < -0.3 is 9.84 Å². The van der Waals surface area contributed by atoms with Crippen LogP contribution in [0, 0.1) is 0 Å². The van der Waals surface area contributed by atoms with Gasteiger partial charge in [-0.1, -0.05) is 26.0 Å². The molecule has 0 spiro atoms. The van der Waals surface area contributed by atoms with Crippen LogP contribution in [0.2, 0.25) is 0 Å². The lowest BCUT2D eigenvalue weighted by Crippen LogP contribution is -2.31. The molecule has 4 heteroatoms. The first-order valence-electron chi connectivity index (χ1n) is 7.44. The Balaban J connectivity index is 3.43. The molecule has 0 aliphatic carbocycles. The van der Waals surface area contributed by atoms with E-state index in [-0.39, 0.29) is 5.75 Å². The number of aryl methyl sites for hydroxylation is 1. The van der Waals surface area contributed by atoms with Gasteiger partial charge in [0.05, 0.1) is 12.8 Å². The van der Waals surface area contributed by atoms with E-state index in [1.807, 2.05) is 6.07 Å². The minimum atomic E-state index is -0.491. The number of anilines is 1. The maximum atomic E-state index is 12.1. The molecule has 0 fully saturated rings. The summed E-state index contributed by atoms with van der Waals surface area (Å²) < 4.78 is 4.84. The highest BCUT2D eigenvalue weighted by molar-refractivity contribution is 5.93. The molecular formula is C18H25NO3. The third kappa shape index (κ3) is 4.13. The van der Waals surface area contributed by atoms with E-state index in [1.54, 1.807) is 19.1 Å². The van der Waals surface area contributed by atoms with Gasteiger partial charge in [-0.15, -0.1) is 6.58 Å². The summed E-state index contributed by atoms with van der Waals surface area (Å²) in [6.07, 6.45) is 4.05. The number of phenolic OH excluding ortho intramolecular Hbond substituents is 1. The number of rotatable bonds is 7. The number of hydrogen-bond acceptors (Lipinski definition) is 3. The Bertz CT molecular complexity index is 564. The lowest BCUT2D eigenvalue weighted by molar-refractivity contribution is 0.179. The summed E-state index contributed by atoms with van der Waals surface area (Å²) in [6, 6.07) is 3.66. The van der Waals surface area contributed by atoms with Crippen molar-refractivity contribution in [3.8, 4) is 5.75 Å². The lowest BCUT2D eigenvalue weighted by atomic mass is 9.99. The van der Waals surface area contributed by atoms with Gasteiger partial charge in [-0.05, 0) is 43.0 Å². The third-order valence-electron chi connectivity index (χ3n) is 3.40. The zero-order chi connectivity index (χ0) is 16.7. The summed E-state index contributed by atoms with van der Waals surface area (Å²) in [5.74, 6) is 0.133. The number of hydrogen-bond donors (Lipinski definition) is 1. The van der Waals surface area contributed by atoms with Crippen molar-refractivity contribution in [2.24, 2.45) is 0 Å². The predicted octanol–water partition coefficient (Wildman–Crippen LogP) is 4.53. The topological polar surface area (TPSA) is 49.8 Å². The molecule has 0 saturated carbocycles. The summed E-state index contributed by atoms with van der Waals surface area (Å²) >= 11 is 0. The van der Waals surface area contributed by atoms with E-state index in [0.29, 0.717) is 23.4 Å². The smallest absolute Gasteiger partial charge is 0.414 e. The van der Waals surface area contributed by atoms with E-state index >= 15 is 0 Å². The summed E-state index contributed by atoms with van der Waals surface area (Å²) in [4.78, 5) is 13.5. The molecule has 1 aromatic carbocycles. The quantitative estimate of drug-likeness (QED) is 0.753. The van der Waals surface area contributed by atoms with Gasteiger partial charge in [0.15, 0.2) is 0 Å². The number of phenols is 1. The first-order valence-corrected chi connectivity index (χ1v) is 7.44. The number of allylic oxidation sites excluding steroid dienone is 1. The molecule has 0 aliphatic heterocycles. The Hall–Kier alpha value is -2.23. The van der Waals surface area contributed by atoms with Crippen LogP contribution in [0.15, 0.2) is 31.4 Å². The number of ether oxygens (including phenoxy) is 1. The predicted molar refractivity (Wildman–Crippen MR) is 91.4 cm³/mol. The molecule has 0 unspecified atom stereocenters. The fraction of sp³-hybridized carbons (Fsp3) is 0.389. The standard InChI is InChI=1S/C18H25NO3/c1-6-8-9-14-11-15(17(13(3)4)16(20)12-14)19(10-7-2)18(21)22-5/h7,11-12,20H,2-3,6,8-10H2,1,4-5H3. The highest BCUT2D eigenvalue weighted by Crippen LogP contribution is 2.36. The fourth-order valence-electron chi connectivity index (χ4n) is 2.35. The Labute approximate surface area is 132 Å². The van der Waals surface area contributed by atoms with E-state index in [1.165, 1.54) is 12.0 Å². The van der Waals surface area contributed by atoms with Crippen LogP contribution >= 0.6 is 0 Å². The van der Waals surface area contributed by atoms with Crippen LogP contribution in [0.25, 0.3) is 5.57 Å². The Morgan fingerprint density at radius 2 is 2.14 bits per heavy atom. The van der Waals surface area contributed by atoms with Crippen molar-refractivity contribution >= 4 is 17.4 Å². The van der Waals surface area contributed by atoms with Crippen molar-refractivity contribution in [2.45, 2.75) is 33.1 Å². The second-order valence-electron chi connectivity index (χ2n) is 5.26. The van der Waals surface area contributed by atoms with Crippen molar-refractivity contribution < 1.29 is 14.6 Å². The van der Waals surface area contributed by atoms with Crippen LogP contribution in [-0.2, 0) is 11.2 Å². The van der Waals surface area contributed by atoms with Crippen molar-refractivity contribution in [2.75, 3.05) is 18.6 Å². The zero-order valence-electron chi connectivity index (χ0n) is 13.7. The van der Waals surface area contributed by atoms with Crippen LogP contribution in [0.1, 0.15) is 37.8 Å². The van der Waals surface area contributed by atoms with Crippen molar-refractivity contribution in [3.63, 3.8) is 0 Å². The minimum absolute atomic E-state index is 0.133. The van der Waals surface area contributed by atoms with Gasteiger partial charge in [0.1, 0.15) is 5.75 Å². The molecule has 0 heterocycles. The zero-order valence-corrected chi connectivity index (χ0v) is 13.7. The first kappa shape index (κ1) is 17.8. The van der Waals surface area contributed by atoms with Gasteiger partial charge in [-0.3, -0.25) is 4.90 Å². The molecule has 4 nitrogen and oxygen atoms in total. The number of amides is 1. The molecule has 0 saturated heterocycles. The largest absolute Gasteiger partial charge is 0.507 e. The number of carbonyl (C=O) groups is 1. The Morgan fingerprint density at radius 3 is 2.64 bits per heavy atom. The minimum Gasteiger partial charge on any atom is -0.507 e. The van der Waals surface area contributed by atoms with Crippen LogP contribution in [0.3, 0.4) is 0 Å². The van der Waals surface area contributed by atoms with Gasteiger partial charge in [-0.2, -0.15) is 0 Å². The molecule has 120 valence electrons. The van der Waals surface area contributed by atoms with E-state index in [9.17, 15) is 9.90 Å². The molecule has 0 radical (unpaired) electrons. The number of carbonyl (C=O) groups excluding carboxylic acids is 1. The maximum absolute atomic E-state index is 12.1. The van der Waals surface area contributed by atoms with Gasteiger partial charge in [0.25, 0.3) is 0 Å². The highest BCUT2D eigenvalue weighted by atomic mass is 16.5. The lowest BCUT2D eigenvalue weighted by Gasteiger charge is -2.24. The molecular weight excluding hydrogens is 278 g/mol. The number of unbranched alkanes of at least 4 members (excludes halogenated alkanes) is 1. The summed E-state index contributed by atoms with van der Waals surface area (Å²) in [6.45, 7) is 11.8. The highest BCUT2D eigenvalue weighted by Gasteiger charge is 2.21. The van der Waals surface area contributed by atoms with Gasteiger partial charge in [-0.25, -0.2) is 4.79 Å². The second-order valence-corrected chi connectivity index (χ2v) is 5.26. The van der Waals surface area contributed by atoms with Gasteiger partial charge in [0, 0.05) is 12.1 Å². The molecule has 0 aliphatic rings. The molecule has 1 N–H and O–H groups in total. The molecule has 1 amide bonds. The van der Waals surface area contributed by atoms with E-state index < -0.39 is 6.09 Å². The van der Waals surface area contributed by atoms with Crippen LogP contribution in [0.4, 0.5) is 10.5 Å².